The van der Waals surface area contributed by atoms with Crippen molar-refractivity contribution in [1.82, 2.24) is 20.1 Å². The maximum absolute atomic E-state index is 13.1. The summed E-state index contributed by atoms with van der Waals surface area (Å²) in [5.74, 6) is -0.996. The van der Waals surface area contributed by atoms with Gasteiger partial charge < -0.3 is 10.1 Å². The molecule has 0 aliphatic carbocycles. The van der Waals surface area contributed by atoms with Gasteiger partial charge in [0, 0.05) is 17.7 Å². The van der Waals surface area contributed by atoms with Gasteiger partial charge in [-0.1, -0.05) is 47.5 Å². The van der Waals surface area contributed by atoms with Crippen molar-refractivity contribution in [2.24, 2.45) is 0 Å². The summed E-state index contributed by atoms with van der Waals surface area (Å²) in [7, 11) is -2.53. The van der Waals surface area contributed by atoms with E-state index in [0.717, 1.165) is 16.7 Å². The Labute approximate surface area is 192 Å². The summed E-state index contributed by atoms with van der Waals surface area (Å²) >= 11 is 6.00. The molecule has 1 atom stereocenters. The average molecular weight is 477 g/mol. The minimum Gasteiger partial charge on any atom is -0.383 e. The Morgan fingerprint density at radius 3 is 2.62 bits per heavy atom. The molecule has 3 rings (SSSR count). The Morgan fingerprint density at radius 2 is 1.94 bits per heavy atom. The number of aromatic nitrogens is 3. The number of rotatable bonds is 9. The van der Waals surface area contributed by atoms with Crippen molar-refractivity contribution in [3.05, 3.63) is 64.7 Å². The number of sulfone groups is 1. The molecule has 1 N–H and O–H groups in total. The number of halogens is 1. The highest BCUT2D eigenvalue weighted by Crippen LogP contribution is 2.23. The van der Waals surface area contributed by atoms with Crippen LogP contribution in [-0.4, -0.2) is 48.6 Å². The summed E-state index contributed by atoms with van der Waals surface area (Å²) in [5.41, 5.74) is 2.50. The van der Waals surface area contributed by atoms with Gasteiger partial charge in [-0.15, -0.1) is 10.2 Å². The lowest BCUT2D eigenvalue weighted by atomic mass is 10.1. The molecule has 0 saturated carbocycles. The number of methoxy groups -OCH3 is 1. The van der Waals surface area contributed by atoms with E-state index in [1.165, 1.54) is 11.7 Å². The van der Waals surface area contributed by atoms with E-state index in [0.29, 0.717) is 10.8 Å². The van der Waals surface area contributed by atoms with Crippen LogP contribution >= 0.6 is 11.6 Å². The van der Waals surface area contributed by atoms with Crippen LogP contribution in [0.15, 0.2) is 53.7 Å². The van der Waals surface area contributed by atoms with Gasteiger partial charge in [0.05, 0.1) is 19.2 Å². The lowest BCUT2D eigenvalue weighted by molar-refractivity contribution is -0.119. The van der Waals surface area contributed by atoms with Crippen molar-refractivity contribution in [2.75, 3.05) is 19.5 Å². The number of hydrogen-bond acceptors (Lipinski definition) is 6. The van der Waals surface area contributed by atoms with Gasteiger partial charge in [-0.2, -0.15) is 0 Å². The maximum Gasteiger partial charge on any atom is 0.250 e. The molecule has 0 bridgehead atoms. The Kier molecular flexibility index (Phi) is 7.65. The zero-order chi connectivity index (χ0) is 23.3. The molecule has 170 valence electrons. The van der Waals surface area contributed by atoms with Crippen molar-refractivity contribution in [2.45, 2.75) is 31.6 Å². The van der Waals surface area contributed by atoms with E-state index in [4.69, 9.17) is 16.3 Å². The molecule has 1 aromatic heterocycles. The minimum atomic E-state index is -4.06. The highest BCUT2D eigenvalue weighted by Gasteiger charge is 2.28. The van der Waals surface area contributed by atoms with E-state index in [1.807, 2.05) is 31.2 Å². The molecule has 0 spiro atoms. The van der Waals surface area contributed by atoms with Crippen LogP contribution in [0.25, 0.3) is 11.4 Å². The van der Waals surface area contributed by atoms with E-state index in [2.05, 4.69) is 15.5 Å². The predicted molar refractivity (Wildman–Crippen MR) is 122 cm³/mol. The number of aryl methyl sites for hydroxylation is 1. The maximum atomic E-state index is 13.1. The molecular weight excluding hydrogens is 452 g/mol. The van der Waals surface area contributed by atoms with Gasteiger partial charge >= 0.3 is 0 Å². The lowest BCUT2D eigenvalue weighted by Crippen LogP contribution is -2.33. The largest absolute Gasteiger partial charge is 0.383 e. The fraction of sp³-hybridized carbons (Fsp3) is 0.318. The zero-order valence-corrected chi connectivity index (χ0v) is 19.7. The average Bonchev–Trinajstić information content (AvgIpc) is 3.16. The van der Waals surface area contributed by atoms with Gasteiger partial charge in [-0.3, -0.25) is 9.36 Å². The smallest absolute Gasteiger partial charge is 0.250 e. The third kappa shape index (κ3) is 5.73. The summed E-state index contributed by atoms with van der Waals surface area (Å²) in [6, 6.07) is 14.1. The van der Waals surface area contributed by atoms with Gasteiger partial charge in [-0.25, -0.2) is 8.42 Å². The van der Waals surface area contributed by atoms with E-state index < -0.39 is 27.5 Å². The summed E-state index contributed by atoms with van der Waals surface area (Å²) in [6.07, 6.45) is 0. The molecule has 0 saturated heterocycles. The van der Waals surface area contributed by atoms with Gasteiger partial charge in [0.25, 0.3) is 5.16 Å². The number of carbonyl (C=O) groups excluding carboxylic acids is 1. The Bertz CT molecular complexity index is 1210. The molecule has 2 aromatic carbocycles. The van der Waals surface area contributed by atoms with Gasteiger partial charge in [0.1, 0.15) is 5.75 Å². The molecule has 0 aliphatic heterocycles. The van der Waals surface area contributed by atoms with Gasteiger partial charge in [0.2, 0.25) is 15.7 Å². The molecule has 32 heavy (non-hydrogen) atoms. The van der Waals surface area contributed by atoms with Crippen molar-refractivity contribution < 1.29 is 17.9 Å². The van der Waals surface area contributed by atoms with Crippen LogP contribution in [0.5, 0.6) is 0 Å². The second kappa shape index (κ2) is 10.2. The van der Waals surface area contributed by atoms with Crippen molar-refractivity contribution in [3.8, 4) is 11.4 Å². The summed E-state index contributed by atoms with van der Waals surface area (Å²) < 4.78 is 32.7. The van der Waals surface area contributed by atoms with Crippen LogP contribution in [0.2, 0.25) is 5.02 Å². The van der Waals surface area contributed by atoms with Crippen molar-refractivity contribution in [1.29, 1.82) is 0 Å². The second-order valence-electron chi connectivity index (χ2n) is 7.42. The van der Waals surface area contributed by atoms with Gasteiger partial charge in [-0.05, 0) is 37.6 Å². The fourth-order valence-corrected chi connectivity index (χ4v) is 4.72. The highest BCUT2D eigenvalue weighted by atomic mass is 35.5. The van der Waals surface area contributed by atoms with E-state index in [9.17, 15) is 13.2 Å². The number of benzene rings is 2. The third-order valence-corrected chi connectivity index (χ3v) is 6.57. The molecule has 1 heterocycles. The molecule has 0 radical (unpaired) electrons. The quantitative estimate of drug-likeness (QED) is 0.508. The first-order valence-electron chi connectivity index (χ1n) is 9.98. The number of nitrogens with zero attached hydrogens (tertiary/aromatic N) is 3. The van der Waals surface area contributed by atoms with E-state index >= 15 is 0 Å². The molecule has 0 unspecified atom stereocenters. The number of carbonyl (C=O) groups is 1. The topological polar surface area (TPSA) is 103 Å². The summed E-state index contributed by atoms with van der Waals surface area (Å²) in [6.45, 7) is 4.18. The Balaban J connectivity index is 1.84. The van der Waals surface area contributed by atoms with E-state index in [-0.39, 0.29) is 18.3 Å². The summed E-state index contributed by atoms with van der Waals surface area (Å²) in [5, 5.41) is 11.0. The van der Waals surface area contributed by atoms with E-state index in [1.54, 1.807) is 31.2 Å². The van der Waals surface area contributed by atoms with Crippen LogP contribution < -0.4 is 5.32 Å². The van der Waals surface area contributed by atoms with Crippen LogP contribution in [0.1, 0.15) is 24.1 Å². The minimum absolute atomic E-state index is 0.224. The lowest BCUT2D eigenvalue weighted by Gasteiger charge is -2.15. The van der Waals surface area contributed by atoms with Crippen LogP contribution in [0, 0.1) is 6.92 Å². The first-order chi connectivity index (χ1) is 15.2. The molecule has 3 aromatic rings. The zero-order valence-electron chi connectivity index (χ0n) is 18.1. The first kappa shape index (κ1) is 23.9. The van der Waals surface area contributed by atoms with Crippen LogP contribution in [-0.2, 0) is 25.9 Å². The third-order valence-electron chi connectivity index (χ3n) is 4.84. The van der Waals surface area contributed by atoms with Crippen molar-refractivity contribution in [3.63, 3.8) is 0 Å². The Hall–Kier alpha value is -2.75. The first-order valence-corrected chi connectivity index (χ1v) is 12.0. The summed E-state index contributed by atoms with van der Waals surface area (Å²) in [4.78, 5) is 12.5. The molecule has 10 heteroatoms. The number of hydrogen-bond donors (Lipinski definition) is 1. The fourth-order valence-electron chi connectivity index (χ4n) is 3.28. The molecule has 1 amide bonds. The monoisotopic (exact) mass is 476 g/mol. The normalized spacial score (nSPS) is 12.5. The standard InChI is InChI=1S/C22H25ClN4O4S/c1-15-6-4-8-18(12-15)21-25-26-22(27(21)10-11-31-3)32(29,30)14-20(28)24-16(2)17-7-5-9-19(23)13-17/h4-9,12-13,16H,10-11,14H2,1-3H3,(H,24,28)/t16-/m1/s1. The molecule has 0 fully saturated rings. The number of nitrogens with one attached hydrogen (secondary N) is 1. The molecular formula is C22H25ClN4O4S. The second-order valence-corrected chi connectivity index (χ2v) is 9.74. The predicted octanol–water partition coefficient (Wildman–Crippen LogP) is 3.20. The number of ether oxygens (including phenoxy) is 1. The van der Waals surface area contributed by atoms with Crippen molar-refractivity contribution >= 4 is 27.3 Å². The Morgan fingerprint density at radius 1 is 1.19 bits per heavy atom. The molecule has 0 aliphatic rings. The van der Waals surface area contributed by atoms with Gasteiger partial charge in [0.15, 0.2) is 5.82 Å². The number of amides is 1. The molecule has 8 nitrogen and oxygen atoms in total. The highest BCUT2D eigenvalue weighted by molar-refractivity contribution is 7.92. The SMILES string of the molecule is COCCn1c(-c2cccc(C)c2)nnc1S(=O)(=O)CC(=O)N[C@H](C)c1cccc(Cl)c1. The van der Waals surface area contributed by atoms with Crippen LogP contribution in [0.3, 0.4) is 0 Å². The van der Waals surface area contributed by atoms with Crippen LogP contribution in [0.4, 0.5) is 0 Å².